The summed E-state index contributed by atoms with van der Waals surface area (Å²) in [6.45, 7) is 9.67. The number of hydrogen-bond acceptors (Lipinski definition) is 3. The van der Waals surface area contributed by atoms with Crippen molar-refractivity contribution in [1.29, 1.82) is 0 Å². The first-order valence-corrected chi connectivity index (χ1v) is 4.03. The lowest BCUT2D eigenvalue weighted by Crippen LogP contribution is -2.31. The second-order valence-electron chi connectivity index (χ2n) is 2.84. The number of esters is 1. The Kier molecular flexibility index (Phi) is 5.37. The van der Waals surface area contributed by atoms with E-state index in [0.717, 1.165) is 18.7 Å². The van der Waals surface area contributed by atoms with Crippen LogP contribution >= 0.6 is 0 Å². The topological polar surface area (TPSA) is 29.5 Å². The van der Waals surface area contributed by atoms with Crippen LogP contribution < -0.4 is 0 Å². The summed E-state index contributed by atoms with van der Waals surface area (Å²) in [6, 6.07) is 0. The van der Waals surface area contributed by atoms with Gasteiger partial charge in [0.05, 0.1) is 13.7 Å². The zero-order valence-electron chi connectivity index (χ0n) is 8.09. The van der Waals surface area contributed by atoms with Gasteiger partial charge >= 0.3 is 5.97 Å². The summed E-state index contributed by atoms with van der Waals surface area (Å²) in [4.78, 5) is 12.8. The van der Waals surface area contributed by atoms with E-state index in [1.165, 1.54) is 7.11 Å². The van der Waals surface area contributed by atoms with Gasteiger partial charge in [0.25, 0.3) is 0 Å². The van der Waals surface area contributed by atoms with Crippen molar-refractivity contribution in [1.82, 2.24) is 4.90 Å². The Morgan fingerprint density at radius 1 is 1.50 bits per heavy atom. The molecule has 0 saturated carbocycles. The van der Waals surface area contributed by atoms with Crippen molar-refractivity contribution in [3.63, 3.8) is 0 Å². The molecule has 0 aromatic heterocycles. The number of carbonyl (C=O) groups is 1. The van der Waals surface area contributed by atoms with Gasteiger partial charge in [-0.2, -0.15) is 0 Å². The summed E-state index contributed by atoms with van der Waals surface area (Å²) in [7, 11) is 1.40. The monoisotopic (exact) mass is 171 g/mol. The highest BCUT2D eigenvalue weighted by molar-refractivity contribution is 5.71. The van der Waals surface area contributed by atoms with Crippen LogP contribution in [0.4, 0.5) is 0 Å². The molecule has 0 aliphatic carbocycles. The lowest BCUT2D eigenvalue weighted by atomic mass is 10.3. The lowest BCUT2D eigenvalue weighted by molar-refractivity contribution is -0.141. The van der Waals surface area contributed by atoms with E-state index in [-0.39, 0.29) is 5.97 Å². The third-order valence-electron chi connectivity index (χ3n) is 1.52. The van der Waals surface area contributed by atoms with Crippen molar-refractivity contribution in [2.24, 2.45) is 0 Å². The highest BCUT2D eigenvalue weighted by Gasteiger charge is 2.07. The highest BCUT2D eigenvalue weighted by Crippen LogP contribution is 1.95. The molecule has 12 heavy (non-hydrogen) atoms. The van der Waals surface area contributed by atoms with E-state index in [1.54, 1.807) is 0 Å². The van der Waals surface area contributed by atoms with Gasteiger partial charge in [0.2, 0.25) is 0 Å². The number of nitrogens with zero attached hydrogens (tertiary/aromatic N) is 1. The highest BCUT2D eigenvalue weighted by atomic mass is 16.5. The number of likely N-dealkylation sites (N-methyl/N-ethyl adjacent to an activating group) is 1. The Bertz CT molecular complexity index is 166. The lowest BCUT2D eigenvalue weighted by Gasteiger charge is -2.18. The fourth-order valence-electron chi connectivity index (χ4n) is 0.908. The predicted molar refractivity (Wildman–Crippen MR) is 48.9 cm³/mol. The summed E-state index contributed by atoms with van der Waals surface area (Å²) >= 11 is 0. The van der Waals surface area contributed by atoms with Crippen molar-refractivity contribution in [3.05, 3.63) is 12.2 Å². The number of rotatable bonds is 5. The Hall–Kier alpha value is -0.830. The van der Waals surface area contributed by atoms with Gasteiger partial charge < -0.3 is 4.74 Å². The normalized spacial score (nSPS) is 10.0. The molecule has 0 saturated heterocycles. The Morgan fingerprint density at radius 3 is 2.42 bits per heavy atom. The first-order valence-electron chi connectivity index (χ1n) is 4.03. The summed E-state index contributed by atoms with van der Waals surface area (Å²) in [5.74, 6) is -0.196. The number of hydrogen-bond donors (Lipinski definition) is 0. The fraction of sp³-hybridized carbons (Fsp3) is 0.667. The molecule has 3 heteroatoms. The molecule has 0 aromatic carbocycles. The average Bonchev–Trinajstić information content (AvgIpc) is 2.02. The molecule has 70 valence electrons. The summed E-state index contributed by atoms with van der Waals surface area (Å²) in [5, 5.41) is 0. The quantitative estimate of drug-likeness (QED) is 0.457. The minimum Gasteiger partial charge on any atom is -0.468 e. The van der Waals surface area contributed by atoms with E-state index < -0.39 is 0 Å². The van der Waals surface area contributed by atoms with Crippen LogP contribution in [-0.2, 0) is 9.53 Å². The third kappa shape index (κ3) is 4.91. The van der Waals surface area contributed by atoms with Crippen LogP contribution in [0.25, 0.3) is 0 Å². The third-order valence-corrected chi connectivity index (χ3v) is 1.52. The average molecular weight is 171 g/mol. The van der Waals surface area contributed by atoms with Gasteiger partial charge in [-0.05, 0) is 13.5 Å². The largest absolute Gasteiger partial charge is 0.468 e. The molecule has 0 unspecified atom stereocenters. The summed E-state index contributed by atoms with van der Waals surface area (Å²) in [5.41, 5.74) is 1.06. The van der Waals surface area contributed by atoms with Crippen molar-refractivity contribution in [3.8, 4) is 0 Å². The minimum atomic E-state index is -0.196. The van der Waals surface area contributed by atoms with Gasteiger partial charge in [0.15, 0.2) is 0 Å². The van der Waals surface area contributed by atoms with Crippen molar-refractivity contribution in [2.45, 2.75) is 13.8 Å². The van der Waals surface area contributed by atoms with Crippen LogP contribution in [0.3, 0.4) is 0 Å². The first kappa shape index (κ1) is 11.2. The molecule has 0 amide bonds. The molecule has 0 atom stereocenters. The molecule has 0 aliphatic heterocycles. The maximum atomic E-state index is 10.9. The first-order chi connectivity index (χ1) is 5.60. The smallest absolute Gasteiger partial charge is 0.319 e. The maximum Gasteiger partial charge on any atom is 0.319 e. The van der Waals surface area contributed by atoms with Gasteiger partial charge in [-0.1, -0.05) is 19.1 Å². The van der Waals surface area contributed by atoms with E-state index in [4.69, 9.17) is 0 Å². The number of methoxy groups -OCH3 is 1. The standard InChI is InChI=1S/C9H17NO2/c1-5-10(6-8(2)3)7-9(11)12-4/h2,5-7H2,1,3-4H3. The zero-order valence-corrected chi connectivity index (χ0v) is 8.09. The van der Waals surface area contributed by atoms with Crippen LogP contribution in [-0.4, -0.2) is 37.6 Å². The van der Waals surface area contributed by atoms with Gasteiger partial charge in [-0.3, -0.25) is 9.69 Å². The van der Waals surface area contributed by atoms with Gasteiger partial charge in [-0.25, -0.2) is 0 Å². The summed E-state index contributed by atoms with van der Waals surface area (Å²) < 4.78 is 4.55. The molecule has 0 bridgehead atoms. The molecular formula is C9H17NO2. The van der Waals surface area contributed by atoms with E-state index >= 15 is 0 Å². The molecular weight excluding hydrogens is 154 g/mol. The van der Waals surface area contributed by atoms with E-state index in [0.29, 0.717) is 6.54 Å². The molecule has 0 heterocycles. The molecule has 0 fully saturated rings. The van der Waals surface area contributed by atoms with Crippen molar-refractivity contribution < 1.29 is 9.53 Å². The van der Waals surface area contributed by atoms with Crippen LogP contribution in [0.1, 0.15) is 13.8 Å². The SMILES string of the molecule is C=C(C)CN(CC)CC(=O)OC. The van der Waals surface area contributed by atoms with Crippen LogP contribution in [0.2, 0.25) is 0 Å². The second kappa shape index (κ2) is 5.77. The molecule has 0 aliphatic rings. The Labute approximate surface area is 74.0 Å². The Balaban J connectivity index is 3.82. The summed E-state index contributed by atoms with van der Waals surface area (Å²) in [6.07, 6.45) is 0. The fourth-order valence-corrected chi connectivity index (χ4v) is 0.908. The van der Waals surface area contributed by atoms with Gasteiger partial charge in [0, 0.05) is 6.54 Å². The van der Waals surface area contributed by atoms with Gasteiger partial charge in [-0.15, -0.1) is 0 Å². The zero-order chi connectivity index (χ0) is 9.56. The number of carbonyl (C=O) groups excluding carboxylic acids is 1. The van der Waals surface area contributed by atoms with Gasteiger partial charge in [0.1, 0.15) is 0 Å². The Morgan fingerprint density at radius 2 is 2.08 bits per heavy atom. The van der Waals surface area contributed by atoms with E-state index in [2.05, 4.69) is 11.3 Å². The minimum absolute atomic E-state index is 0.196. The van der Waals surface area contributed by atoms with Crippen molar-refractivity contribution >= 4 is 5.97 Å². The van der Waals surface area contributed by atoms with E-state index in [1.807, 2.05) is 18.7 Å². The molecule has 0 spiro atoms. The molecule has 0 aromatic rings. The molecule has 0 radical (unpaired) electrons. The van der Waals surface area contributed by atoms with E-state index in [9.17, 15) is 4.79 Å². The molecule has 3 nitrogen and oxygen atoms in total. The van der Waals surface area contributed by atoms with Crippen LogP contribution in [0.5, 0.6) is 0 Å². The number of ether oxygens (including phenoxy) is 1. The van der Waals surface area contributed by atoms with Crippen molar-refractivity contribution in [2.75, 3.05) is 26.7 Å². The van der Waals surface area contributed by atoms with Crippen LogP contribution in [0, 0.1) is 0 Å². The second-order valence-corrected chi connectivity index (χ2v) is 2.84. The van der Waals surface area contributed by atoms with Crippen LogP contribution in [0.15, 0.2) is 12.2 Å². The molecule has 0 N–H and O–H groups in total. The maximum absolute atomic E-state index is 10.9. The molecule has 0 rings (SSSR count). The predicted octanol–water partition coefficient (Wildman–Crippen LogP) is 1.06.